The van der Waals surface area contributed by atoms with Gasteiger partial charge < -0.3 is 19.5 Å². The fourth-order valence-corrected chi connectivity index (χ4v) is 3.61. The Morgan fingerprint density at radius 3 is 2.74 bits per heavy atom. The van der Waals surface area contributed by atoms with Crippen LogP contribution in [0.4, 0.5) is 0 Å². The summed E-state index contributed by atoms with van der Waals surface area (Å²) in [6.45, 7) is 2.43. The largest absolute Gasteiger partial charge is 0.484 e. The molecule has 1 fully saturated rings. The summed E-state index contributed by atoms with van der Waals surface area (Å²) >= 11 is 0. The minimum Gasteiger partial charge on any atom is -0.484 e. The summed E-state index contributed by atoms with van der Waals surface area (Å²) in [6, 6.07) is 17.2. The van der Waals surface area contributed by atoms with Gasteiger partial charge in [-0.1, -0.05) is 35.5 Å². The number of nitrogens with zero attached hydrogens (tertiary/aromatic N) is 4. The van der Waals surface area contributed by atoms with E-state index < -0.39 is 0 Å². The maximum atomic E-state index is 12.1. The molecule has 2 atom stereocenters. The highest BCUT2D eigenvalue weighted by molar-refractivity contribution is 5.78. The van der Waals surface area contributed by atoms with Gasteiger partial charge in [-0.25, -0.2) is 0 Å². The Labute approximate surface area is 180 Å². The minimum atomic E-state index is -0.205. The normalized spacial score (nSPS) is 17.9. The zero-order chi connectivity index (χ0) is 21.6. The van der Waals surface area contributed by atoms with Gasteiger partial charge in [-0.05, 0) is 43.2 Å². The van der Waals surface area contributed by atoms with Gasteiger partial charge in [0.1, 0.15) is 5.75 Å². The molecule has 0 radical (unpaired) electrons. The molecular weight excluding hydrogens is 394 g/mol. The summed E-state index contributed by atoms with van der Waals surface area (Å²) in [5.41, 5.74) is 1.89. The Hall–Kier alpha value is -3.86. The number of ether oxygens (including phenoxy) is 1. The van der Waals surface area contributed by atoms with Crippen molar-refractivity contribution in [2.24, 2.45) is 0 Å². The third-order valence-corrected chi connectivity index (χ3v) is 5.21. The van der Waals surface area contributed by atoms with Gasteiger partial charge in [0.15, 0.2) is 18.6 Å². The van der Waals surface area contributed by atoms with E-state index in [0.29, 0.717) is 30.4 Å². The predicted molar refractivity (Wildman–Crippen MR) is 113 cm³/mol. The fraction of sp³-hybridized carbons (Fsp3) is 0.304. The topological polar surface area (TPSA) is 104 Å². The number of carbonyl (C=O) groups excluding carboxylic acids is 1. The Morgan fingerprint density at radius 2 is 2.03 bits per heavy atom. The Morgan fingerprint density at radius 1 is 1.26 bits per heavy atom. The summed E-state index contributed by atoms with van der Waals surface area (Å²) in [5.74, 6) is 1.42. The number of likely N-dealkylation sites (tertiary alicyclic amines) is 1. The summed E-state index contributed by atoms with van der Waals surface area (Å²) in [6.07, 6.45) is 3.50. The van der Waals surface area contributed by atoms with Crippen LogP contribution < -0.4 is 10.1 Å². The molecule has 1 saturated heterocycles. The van der Waals surface area contributed by atoms with E-state index in [2.05, 4.69) is 21.7 Å². The lowest BCUT2D eigenvalue weighted by Crippen LogP contribution is -2.39. The lowest BCUT2D eigenvalue weighted by atomic mass is 10.1. The zero-order valence-corrected chi connectivity index (χ0v) is 17.2. The van der Waals surface area contributed by atoms with Gasteiger partial charge in [0, 0.05) is 30.6 Å². The van der Waals surface area contributed by atoms with Gasteiger partial charge in [-0.2, -0.15) is 10.2 Å². The van der Waals surface area contributed by atoms with Gasteiger partial charge >= 0.3 is 0 Å². The summed E-state index contributed by atoms with van der Waals surface area (Å²) in [4.78, 5) is 18.3. The van der Waals surface area contributed by atoms with Crippen LogP contribution in [0.2, 0.25) is 0 Å². The van der Waals surface area contributed by atoms with Crippen molar-refractivity contribution in [1.29, 1.82) is 5.26 Å². The Balaban J connectivity index is 1.28. The maximum Gasteiger partial charge on any atom is 0.258 e. The highest BCUT2D eigenvalue weighted by Gasteiger charge is 2.29. The van der Waals surface area contributed by atoms with Crippen molar-refractivity contribution in [3.8, 4) is 23.4 Å². The molecule has 1 aliphatic heterocycles. The molecule has 2 aromatic carbocycles. The van der Waals surface area contributed by atoms with E-state index in [4.69, 9.17) is 14.5 Å². The van der Waals surface area contributed by atoms with E-state index in [1.165, 1.54) is 0 Å². The van der Waals surface area contributed by atoms with Crippen molar-refractivity contribution in [1.82, 2.24) is 20.4 Å². The number of aromatic nitrogens is 2. The summed E-state index contributed by atoms with van der Waals surface area (Å²) in [5, 5.41) is 16.0. The van der Waals surface area contributed by atoms with Crippen molar-refractivity contribution in [3.05, 3.63) is 66.0 Å². The van der Waals surface area contributed by atoms with E-state index >= 15 is 0 Å². The average Bonchev–Trinajstić information content (AvgIpc) is 3.39. The van der Waals surface area contributed by atoms with Gasteiger partial charge in [-0.15, -0.1) is 0 Å². The van der Waals surface area contributed by atoms with Crippen LogP contribution in [-0.2, 0) is 11.2 Å². The number of carbonyl (C=O) groups is 1. The SMILES string of the molecule is C[C@@H]1C[C@@H](NC(=O)COc2ccc(-c3nc(Cc4ccccc4)no3)cc2)CN1C#N. The van der Waals surface area contributed by atoms with Crippen molar-refractivity contribution in [2.75, 3.05) is 13.2 Å². The molecule has 8 nitrogen and oxygen atoms in total. The van der Waals surface area contributed by atoms with Crippen molar-refractivity contribution in [2.45, 2.75) is 31.8 Å². The van der Waals surface area contributed by atoms with Crippen LogP contribution in [0.1, 0.15) is 24.7 Å². The lowest BCUT2D eigenvalue weighted by Gasteiger charge is -2.13. The number of hydrogen-bond donors (Lipinski definition) is 1. The molecule has 1 amide bonds. The molecule has 0 spiro atoms. The number of benzene rings is 2. The predicted octanol–water partition coefficient (Wildman–Crippen LogP) is 2.77. The highest BCUT2D eigenvalue weighted by Crippen LogP contribution is 2.22. The van der Waals surface area contributed by atoms with Gasteiger partial charge in [0.05, 0.1) is 0 Å². The number of rotatable bonds is 7. The molecule has 0 unspecified atom stereocenters. The molecular formula is C23H23N5O3. The van der Waals surface area contributed by atoms with E-state index in [9.17, 15) is 4.79 Å². The lowest BCUT2D eigenvalue weighted by molar-refractivity contribution is -0.123. The summed E-state index contributed by atoms with van der Waals surface area (Å²) < 4.78 is 10.9. The van der Waals surface area contributed by atoms with Crippen molar-refractivity contribution >= 4 is 5.91 Å². The second-order valence-electron chi connectivity index (χ2n) is 7.59. The Bertz CT molecular complexity index is 1060. The monoisotopic (exact) mass is 417 g/mol. The molecule has 158 valence electrons. The quantitative estimate of drug-likeness (QED) is 0.590. The van der Waals surface area contributed by atoms with Crippen LogP contribution in [0.5, 0.6) is 5.75 Å². The molecule has 2 heterocycles. The second-order valence-corrected chi connectivity index (χ2v) is 7.59. The number of nitriles is 1. The number of amides is 1. The molecule has 1 aliphatic rings. The molecule has 4 rings (SSSR count). The molecule has 1 N–H and O–H groups in total. The first-order valence-electron chi connectivity index (χ1n) is 10.2. The van der Waals surface area contributed by atoms with Crippen molar-refractivity contribution < 1.29 is 14.1 Å². The molecule has 3 aromatic rings. The van der Waals surface area contributed by atoms with Crippen LogP contribution in [-0.4, -0.2) is 46.2 Å². The van der Waals surface area contributed by atoms with Gasteiger partial charge in [0.2, 0.25) is 0 Å². The van der Waals surface area contributed by atoms with E-state index in [1.807, 2.05) is 49.4 Å². The third-order valence-electron chi connectivity index (χ3n) is 5.21. The van der Waals surface area contributed by atoms with Crippen LogP contribution in [0.25, 0.3) is 11.5 Å². The molecule has 1 aromatic heterocycles. The smallest absolute Gasteiger partial charge is 0.258 e. The maximum absolute atomic E-state index is 12.1. The van der Waals surface area contributed by atoms with Gasteiger partial charge in [0.25, 0.3) is 11.8 Å². The molecule has 0 saturated carbocycles. The second kappa shape index (κ2) is 9.30. The van der Waals surface area contributed by atoms with Crippen molar-refractivity contribution in [3.63, 3.8) is 0 Å². The first-order valence-corrected chi connectivity index (χ1v) is 10.2. The fourth-order valence-electron chi connectivity index (χ4n) is 3.61. The third kappa shape index (κ3) is 5.20. The first kappa shape index (κ1) is 20.4. The molecule has 0 bridgehead atoms. The van der Waals surface area contributed by atoms with Gasteiger partial charge in [-0.3, -0.25) is 4.79 Å². The zero-order valence-electron chi connectivity index (χ0n) is 17.2. The van der Waals surface area contributed by atoms with E-state index in [1.54, 1.807) is 17.0 Å². The number of hydrogen-bond acceptors (Lipinski definition) is 7. The minimum absolute atomic E-state index is 0.0317. The molecule has 8 heteroatoms. The van der Waals surface area contributed by atoms with Crippen LogP contribution in [0.3, 0.4) is 0 Å². The highest BCUT2D eigenvalue weighted by atomic mass is 16.5. The summed E-state index contributed by atoms with van der Waals surface area (Å²) in [7, 11) is 0. The van der Waals surface area contributed by atoms with Crippen LogP contribution in [0, 0.1) is 11.5 Å². The first-order chi connectivity index (χ1) is 15.1. The van der Waals surface area contributed by atoms with E-state index in [-0.39, 0.29) is 24.6 Å². The van der Waals surface area contributed by atoms with Crippen LogP contribution in [0.15, 0.2) is 59.1 Å². The Kier molecular flexibility index (Phi) is 6.13. The average molecular weight is 417 g/mol. The number of nitrogens with one attached hydrogen (secondary N) is 1. The van der Waals surface area contributed by atoms with E-state index in [0.717, 1.165) is 17.5 Å². The molecule has 31 heavy (non-hydrogen) atoms. The molecule has 0 aliphatic carbocycles. The standard InChI is InChI=1S/C23H23N5O3/c1-16-11-19(13-28(16)15-24)25-22(29)14-30-20-9-7-18(8-10-20)23-26-21(27-31-23)12-17-5-3-2-4-6-17/h2-10,16,19H,11-14H2,1H3,(H,25,29)/t16-,19-/m1/s1. The van der Waals surface area contributed by atoms with Crippen LogP contribution >= 0.6 is 0 Å².